The highest BCUT2D eigenvalue weighted by Crippen LogP contribution is 2.10. The number of nitrogens with zero attached hydrogens (tertiary/aromatic N) is 5. The minimum Gasteiger partial charge on any atom is -0.366 e. The minimum atomic E-state index is -0.734. The molecule has 16 heavy (non-hydrogen) atoms. The molecule has 7 heteroatoms. The van der Waals surface area contributed by atoms with Gasteiger partial charge in [-0.2, -0.15) is 5.26 Å². The Labute approximate surface area is 94.4 Å². The van der Waals surface area contributed by atoms with E-state index in [9.17, 15) is 10.1 Å². The number of allylic oxidation sites excluding steroid dienone is 1. The lowest BCUT2D eigenvalue weighted by Crippen LogP contribution is -2.22. The van der Waals surface area contributed by atoms with Crippen LogP contribution in [0.4, 0.5) is 0 Å². The van der Waals surface area contributed by atoms with Gasteiger partial charge < -0.3 is 9.80 Å². The monoisotopic (exact) mass is 225 g/mol. The van der Waals surface area contributed by atoms with E-state index in [0.717, 1.165) is 0 Å². The Bertz CT molecular complexity index is 376. The van der Waals surface area contributed by atoms with Gasteiger partial charge in [0.15, 0.2) is 6.07 Å². The number of hydrogen-bond donors (Lipinski definition) is 0. The van der Waals surface area contributed by atoms with Crippen molar-refractivity contribution in [3.8, 4) is 6.07 Å². The van der Waals surface area contributed by atoms with Crippen molar-refractivity contribution in [3.63, 3.8) is 0 Å². The number of rotatable bonds is 3. The third-order valence-electron chi connectivity index (χ3n) is 1.84. The normalized spacial score (nSPS) is 12.6. The van der Waals surface area contributed by atoms with E-state index in [4.69, 9.17) is 5.26 Å². The van der Waals surface area contributed by atoms with Crippen LogP contribution in [0.3, 0.4) is 0 Å². The van der Waals surface area contributed by atoms with Crippen molar-refractivity contribution in [2.24, 2.45) is 4.99 Å². The van der Waals surface area contributed by atoms with Crippen molar-refractivity contribution in [2.45, 2.75) is 6.92 Å². The molecule has 0 aromatic carbocycles. The smallest absolute Gasteiger partial charge is 0.366 e. The van der Waals surface area contributed by atoms with Crippen molar-refractivity contribution in [1.29, 1.82) is 5.26 Å². The van der Waals surface area contributed by atoms with E-state index >= 15 is 0 Å². The summed E-state index contributed by atoms with van der Waals surface area (Å²) in [5, 5.41) is 19.4. The summed E-state index contributed by atoms with van der Waals surface area (Å²) in [4.78, 5) is 17.1. The maximum absolute atomic E-state index is 10.6. The molecule has 0 fully saturated rings. The molecule has 0 saturated heterocycles. The topological polar surface area (TPSA) is 85.8 Å². The molecule has 0 unspecified atom stereocenters. The van der Waals surface area contributed by atoms with Crippen molar-refractivity contribution >= 4 is 5.84 Å². The lowest BCUT2D eigenvalue weighted by Gasteiger charge is -2.15. The second kappa shape index (κ2) is 5.70. The fourth-order valence-corrected chi connectivity index (χ4v) is 0.790. The summed E-state index contributed by atoms with van der Waals surface area (Å²) in [6, 6.07) is 1.54. The van der Waals surface area contributed by atoms with Gasteiger partial charge in [0, 0.05) is 28.2 Å². The number of nitriles is 1. The molecule has 0 rings (SSSR count). The predicted octanol–water partition coefficient (Wildman–Crippen LogP) is 0.497. The summed E-state index contributed by atoms with van der Waals surface area (Å²) in [6.07, 6.45) is 0. The highest BCUT2D eigenvalue weighted by atomic mass is 16.6. The summed E-state index contributed by atoms with van der Waals surface area (Å²) in [5.41, 5.74) is -0.564. The van der Waals surface area contributed by atoms with E-state index in [2.05, 4.69) is 4.99 Å². The lowest BCUT2D eigenvalue weighted by atomic mass is 10.4. The quantitative estimate of drug-likeness (QED) is 0.229. The van der Waals surface area contributed by atoms with Crippen LogP contribution in [-0.4, -0.2) is 48.7 Å². The van der Waals surface area contributed by atoms with E-state index in [1.807, 2.05) is 0 Å². The largest absolute Gasteiger partial charge is 0.387 e. The van der Waals surface area contributed by atoms with Crippen LogP contribution in [0.25, 0.3) is 0 Å². The van der Waals surface area contributed by atoms with Gasteiger partial charge in [0.25, 0.3) is 0 Å². The summed E-state index contributed by atoms with van der Waals surface area (Å²) in [6.45, 7) is 1.71. The zero-order valence-corrected chi connectivity index (χ0v) is 10.1. The molecule has 0 amide bonds. The number of hydrogen-bond acceptors (Lipinski definition) is 5. The fourth-order valence-electron chi connectivity index (χ4n) is 0.790. The maximum atomic E-state index is 10.6. The summed E-state index contributed by atoms with van der Waals surface area (Å²) in [5.74, 6) is 0.622. The Morgan fingerprint density at radius 2 is 1.81 bits per heavy atom. The molecule has 0 saturated carbocycles. The van der Waals surface area contributed by atoms with Crippen LogP contribution in [0.2, 0.25) is 0 Å². The Morgan fingerprint density at radius 3 is 2.06 bits per heavy atom. The van der Waals surface area contributed by atoms with Crippen LogP contribution in [0.15, 0.2) is 16.5 Å². The first kappa shape index (κ1) is 13.9. The van der Waals surface area contributed by atoms with Crippen LogP contribution >= 0.6 is 0 Å². The van der Waals surface area contributed by atoms with Gasteiger partial charge in [0.05, 0.1) is 4.92 Å². The molecular formula is C9H15N5O2. The zero-order valence-electron chi connectivity index (χ0n) is 10.1. The van der Waals surface area contributed by atoms with Gasteiger partial charge in [0.2, 0.25) is 5.82 Å². The van der Waals surface area contributed by atoms with Crippen molar-refractivity contribution in [2.75, 3.05) is 28.2 Å². The first-order chi connectivity index (χ1) is 7.31. The summed E-state index contributed by atoms with van der Waals surface area (Å²) < 4.78 is 0. The average molecular weight is 225 g/mol. The van der Waals surface area contributed by atoms with E-state index in [1.165, 1.54) is 4.90 Å². The SMILES string of the molecule is CC(=NC(=C(C#N)[N+](=O)[O-])N(C)C)N(C)C. The van der Waals surface area contributed by atoms with Crippen molar-refractivity contribution < 1.29 is 4.92 Å². The molecular weight excluding hydrogens is 210 g/mol. The van der Waals surface area contributed by atoms with Gasteiger partial charge in [-0.15, -0.1) is 0 Å². The van der Waals surface area contributed by atoms with Crippen LogP contribution in [0.1, 0.15) is 6.92 Å². The molecule has 0 radical (unpaired) electrons. The Balaban J connectivity index is 5.59. The zero-order chi connectivity index (χ0) is 12.9. The van der Waals surface area contributed by atoms with Gasteiger partial charge in [-0.3, -0.25) is 10.1 Å². The van der Waals surface area contributed by atoms with Crippen LogP contribution in [-0.2, 0) is 0 Å². The number of aliphatic imine (C=N–C) groups is 1. The van der Waals surface area contributed by atoms with Crippen molar-refractivity contribution in [1.82, 2.24) is 9.80 Å². The molecule has 0 aliphatic heterocycles. The van der Waals surface area contributed by atoms with Gasteiger partial charge >= 0.3 is 5.70 Å². The first-order valence-corrected chi connectivity index (χ1v) is 4.50. The Morgan fingerprint density at radius 1 is 1.31 bits per heavy atom. The van der Waals surface area contributed by atoms with Gasteiger partial charge in [0.1, 0.15) is 5.84 Å². The Hall–Kier alpha value is -2.10. The molecule has 0 bridgehead atoms. The van der Waals surface area contributed by atoms with Crippen LogP contribution in [0, 0.1) is 21.4 Å². The van der Waals surface area contributed by atoms with E-state index < -0.39 is 10.6 Å². The molecule has 0 aromatic heterocycles. The molecule has 0 N–H and O–H groups in total. The first-order valence-electron chi connectivity index (χ1n) is 4.50. The van der Waals surface area contributed by atoms with Crippen LogP contribution in [0.5, 0.6) is 0 Å². The number of nitro groups is 1. The molecule has 7 nitrogen and oxygen atoms in total. The fraction of sp³-hybridized carbons (Fsp3) is 0.556. The second-order valence-corrected chi connectivity index (χ2v) is 3.49. The highest BCUT2D eigenvalue weighted by Gasteiger charge is 2.20. The summed E-state index contributed by atoms with van der Waals surface area (Å²) >= 11 is 0. The second-order valence-electron chi connectivity index (χ2n) is 3.49. The maximum Gasteiger partial charge on any atom is 0.387 e. The molecule has 0 atom stereocenters. The minimum absolute atomic E-state index is 0.0405. The lowest BCUT2D eigenvalue weighted by molar-refractivity contribution is -0.419. The summed E-state index contributed by atoms with van der Waals surface area (Å²) in [7, 11) is 6.74. The van der Waals surface area contributed by atoms with Gasteiger partial charge in [-0.05, 0) is 6.92 Å². The predicted molar refractivity (Wildman–Crippen MR) is 60.1 cm³/mol. The third-order valence-corrected chi connectivity index (χ3v) is 1.84. The molecule has 0 aliphatic carbocycles. The van der Waals surface area contributed by atoms with E-state index in [-0.39, 0.29) is 5.82 Å². The highest BCUT2D eigenvalue weighted by molar-refractivity contribution is 5.80. The van der Waals surface area contributed by atoms with E-state index in [0.29, 0.717) is 5.84 Å². The number of amidine groups is 1. The van der Waals surface area contributed by atoms with Gasteiger partial charge in [-0.1, -0.05) is 0 Å². The third kappa shape index (κ3) is 3.57. The van der Waals surface area contributed by atoms with Gasteiger partial charge in [-0.25, -0.2) is 4.99 Å². The molecule has 0 spiro atoms. The molecule has 0 aromatic rings. The molecule has 88 valence electrons. The standard InChI is InChI=1S/C9H15N5O2/c1-7(12(2)3)11-9(13(4)5)8(6-10)14(15)16/h1-5H3. The van der Waals surface area contributed by atoms with Crippen molar-refractivity contribution in [3.05, 3.63) is 21.6 Å². The molecule has 0 heterocycles. The Kier molecular flexibility index (Phi) is 4.95. The average Bonchev–Trinajstić information content (AvgIpc) is 2.16. The van der Waals surface area contributed by atoms with Crippen LogP contribution < -0.4 is 0 Å². The molecule has 0 aliphatic rings. The van der Waals surface area contributed by atoms with E-state index in [1.54, 1.807) is 46.1 Å².